The summed E-state index contributed by atoms with van der Waals surface area (Å²) in [5, 5.41) is 3.48. The number of carbonyl (C=O) groups excluding carboxylic acids is 1. The lowest BCUT2D eigenvalue weighted by Gasteiger charge is -2.40. The largest absolute Gasteiger partial charge is 0.497 e. The van der Waals surface area contributed by atoms with Gasteiger partial charge in [0.15, 0.2) is 0 Å². The molecule has 0 saturated heterocycles. The van der Waals surface area contributed by atoms with Gasteiger partial charge in [-0.2, -0.15) is 0 Å². The average molecular weight is 296 g/mol. The topological polar surface area (TPSA) is 41.6 Å². The first-order chi connectivity index (χ1) is 10.5. The molecule has 1 amide bonds. The highest BCUT2D eigenvalue weighted by atomic mass is 16.5. The van der Waals surface area contributed by atoms with E-state index in [-0.39, 0.29) is 11.4 Å². The Morgan fingerprint density at radius 3 is 2.73 bits per heavy atom. The first-order valence-corrected chi connectivity index (χ1v) is 7.33. The SMILES string of the molecule is COc1cccc(C(=O)N2CC(C)(C)Nc3ccccc32)c1. The summed E-state index contributed by atoms with van der Waals surface area (Å²) < 4.78 is 5.22. The molecule has 0 unspecified atom stereocenters. The Balaban J connectivity index is 2.01. The van der Waals surface area contributed by atoms with Gasteiger partial charge in [-0.15, -0.1) is 0 Å². The fourth-order valence-corrected chi connectivity index (χ4v) is 2.79. The lowest BCUT2D eigenvalue weighted by atomic mass is 9.98. The van der Waals surface area contributed by atoms with Crippen LogP contribution < -0.4 is 15.0 Å². The molecule has 4 nitrogen and oxygen atoms in total. The van der Waals surface area contributed by atoms with Crippen LogP contribution in [0, 0.1) is 0 Å². The van der Waals surface area contributed by atoms with Crippen molar-refractivity contribution in [2.24, 2.45) is 0 Å². The Kier molecular flexibility index (Phi) is 3.53. The van der Waals surface area contributed by atoms with Crippen molar-refractivity contribution in [1.82, 2.24) is 0 Å². The number of nitrogens with one attached hydrogen (secondary N) is 1. The van der Waals surface area contributed by atoms with E-state index in [1.54, 1.807) is 13.2 Å². The molecule has 4 heteroatoms. The van der Waals surface area contributed by atoms with Gasteiger partial charge in [-0.1, -0.05) is 18.2 Å². The predicted molar refractivity (Wildman–Crippen MR) is 88.8 cm³/mol. The Morgan fingerprint density at radius 2 is 1.95 bits per heavy atom. The van der Waals surface area contributed by atoms with Gasteiger partial charge in [0, 0.05) is 17.6 Å². The van der Waals surface area contributed by atoms with Crippen LogP contribution in [0.2, 0.25) is 0 Å². The molecule has 0 bridgehead atoms. The van der Waals surface area contributed by atoms with E-state index in [0.29, 0.717) is 17.9 Å². The smallest absolute Gasteiger partial charge is 0.258 e. The molecule has 22 heavy (non-hydrogen) atoms. The van der Waals surface area contributed by atoms with Crippen molar-refractivity contribution in [3.8, 4) is 5.75 Å². The summed E-state index contributed by atoms with van der Waals surface area (Å²) in [5.41, 5.74) is 2.35. The highest BCUT2D eigenvalue weighted by Gasteiger charge is 2.33. The van der Waals surface area contributed by atoms with E-state index in [1.807, 2.05) is 47.4 Å². The molecule has 1 aliphatic heterocycles. The van der Waals surface area contributed by atoms with E-state index in [0.717, 1.165) is 11.4 Å². The molecule has 3 rings (SSSR count). The van der Waals surface area contributed by atoms with Crippen LogP contribution in [-0.4, -0.2) is 25.1 Å². The fraction of sp³-hybridized carbons (Fsp3) is 0.278. The third-order valence-corrected chi connectivity index (χ3v) is 3.78. The van der Waals surface area contributed by atoms with Crippen LogP contribution >= 0.6 is 0 Å². The van der Waals surface area contributed by atoms with Crippen LogP contribution in [0.25, 0.3) is 0 Å². The normalized spacial score (nSPS) is 15.7. The van der Waals surface area contributed by atoms with Gasteiger partial charge in [-0.3, -0.25) is 4.79 Å². The zero-order valence-corrected chi connectivity index (χ0v) is 13.1. The summed E-state index contributed by atoms with van der Waals surface area (Å²) in [5.74, 6) is 0.675. The molecule has 0 fully saturated rings. The van der Waals surface area contributed by atoms with E-state index in [4.69, 9.17) is 4.74 Å². The number of fused-ring (bicyclic) bond motifs is 1. The van der Waals surface area contributed by atoms with Gasteiger partial charge in [0.25, 0.3) is 5.91 Å². The van der Waals surface area contributed by atoms with E-state index >= 15 is 0 Å². The van der Waals surface area contributed by atoms with Crippen LogP contribution in [-0.2, 0) is 0 Å². The highest BCUT2D eigenvalue weighted by molar-refractivity contribution is 6.08. The van der Waals surface area contributed by atoms with Crippen LogP contribution in [0.5, 0.6) is 5.75 Å². The van der Waals surface area contributed by atoms with Gasteiger partial charge in [0.05, 0.1) is 18.5 Å². The third-order valence-electron chi connectivity index (χ3n) is 3.78. The Labute approximate surface area is 130 Å². The van der Waals surface area contributed by atoms with Gasteiger partial charge in [-0.05, 0) is 44.2 Å². The molecule has 0 atom stereocenters. The lowest BCUT2D eigenvalue weighted by Crippen LogP contribution is -2.50. The number of para-hydroxylation sites is 2. The molecular weight excluding hydrogens is 276 g/mol. The number of amides is 1. The maximum Gasteiger partial charge on any atom is 0.258 e. The average Bonchev–Trinajstić information content (AvgIpc) is 2.52. The Bertz CT molecular complexity index is 710. The molecule has 0 aliphatic carbocycles. The van der Waals surface area contributed by atoms with Crippen molar-refractivity contribution in [3.05, 3.63) is 54.1 Å². The van der Waals surface area contributed by atoms with E-state index in [2.05, 4.69) is 19.2 Å². The zero-order valence-electron chi connectivity index (χ0n) is 13.1. The molecule has 0 saturated carbocycles. The molecule has 1 aliphatic rings. The third kappa shape index (κ3) is 2.64. The predicted octanol–water partition coefficient (Wildman–Crippen LogP) is 3.55. The first kappa shape index (κ1) is 14.4. The maximum atomic E-state index is 13.0. The van der Waals surface area contributed by atoms with Crippen molar-refractivity contribution in [2.75, 3.05) is 23.9 Å². The number of hydrogen-bond acceptors (Lipinski definition) is 3. The lowest BCUT2D eigenvalue weighted by molar-refractivity contribution is 0.0981. The summed E-state index contributed by atoms with van der Waals surface area (Å²) in [7, 11) is 1.60. The van der Waals surface area contributed by atoms with Crippen LogP contribution in [0.4, 0.5) is 11.4 Å². The minimum Gasteiger partial charge on any atom is -0.497 e. The monoisotopic (exact) mass is 296 g/mol. The molecule has 2 aromatic carbocycles. The number of carbonyl (C=O) groups is 1. The molecule has 1 N–H and O–H groups in total. The second kappa shape index (κ2) is 5.37. The van der Waals surface area contributed by atoms with Crippen molar-refractivity contribution >= 4 is 17.3 Å². The van der Waals surface area contributed by atoms with Crippen LogP contribution in [0.15, 0.2) is 48.5 Å². The molecule has 2 aromatic rings. The molecule has 0 spiro atoms. The quantitative estimate of drug-likeness (QED) is 0.921. The van der Waals surface area contributed by atoms with E-state index in [9.17, 15) is 4.79 Å². The maximum absolute atomic E-state index is 13.0. The zero-order chi connectivity index (χ0) is 15.7. The Morgan fingerprint density at radius 1 is 1.18 bits per heavy atom. The highest BCUT2D eigenvalue weighted by Crippen LogP contribution is 2.35. The minimum atomic E-state index is -0.178. The van der Waals surface area contributed by atoms with E-state index in [1.165, 1.54) is 0 Å². The summed E-state index contributed by atoms with van der Waals surface area (Å²) >= 11 is 0. The number of rotatable bonds is 2. The summed E-state index contributed by atoms with van der Waals surface area (Å²) in [6, 6.07) is 15.2. The number of anilines is 2. The number of methoxy groups -OCH3 is 1. The Hall–Kier alpha value is -2.49. The molecule has 114 valence electrons. The van der Waals surface area contributed by atoms with Gasteiger partial charge in [0.1, 0.15) is 5.75 Å². The second-order valence-electron chi connectivity index (χ2n) is 6.15. The van der Waals surface area contributed by atoms with Gasteiger partial charge in [0.2, 0.25) is 0 Å². The van der Waals surface area contributed by atoms with Gasteiger partial charge < -0.3 is 15.0 Å². The molecule has 0 radical (unpaired) electrons. The second-order valence-corrected chi connectivity index (χ2v) is 6.15. The minimum absolute atomic E-state index is 0.0130. The molecule has 1 heterocycles. The number of nitrogens with zero attached hydrogens (tertiary/aromatic N) is 1. The summed E-state index contributed by atoms with van der Waals surface area (Å²) in [6.45, 7) is 4.80. The number of hydrogen-bond donors (Lipinski definition) is 1. The van der Waals surface area contributed by atoms with Crippen molar-refractivity contribution in [1.29, 1.82) is 0 Å². The van der Waals surface area contributed by atoms with Crippen molar-refractivity contribution in [3.63, 3.8) is 0 Å². The van der Waals surface area contributed by atoms with Gasteiger partial charge >= 0.3 is 0 Å². The first-order valence-electron chi connectivity index (χ1n) is 7.33. The summed E-state index contributed by atoms with van der Waals surface area (Å²) in [4.78, 5) is 14.8. The summed E-state index contributed by atoms with van der Waals surface area (Å²) in [6.07, 6.45) is 0. The van der Waals surface area contributed by atoms with Crippen LogP contribution in [0.3, 0.4) is 0 Å². The molecular formula is C18H20N2O2. The van der Waals surface area contributed by atoms with Crippen molar-refractivity contribution in [2.45, 2.75) is 19.4 Å². The van der Waals surface area contributed by atoms with Gasteiger partial charge in [-0.25, -0.2) is 0 Å². The number of benzene rings is 2. The number of ether oxygens (including phenoxy) is 1. The standard InChI is InChI=1S/C18H20N2O2/c1-18(2)12-20(16-10-5-4-9-15(16)19-18)17(21)13-7-6-8-14(11-13)22-3/h4-11,19H,12H2,1-3H3. The molecule has 0 aromatic heterocycles. The van der Waals surface area contributed by atoms with Crippen molar-refractivity contribution < 1.29 is 9.53 Å². The van der Waals surface area contributed by atoms with Crippen LogP contribution in [0.1, 0.15) is 24.2 Å². The van der Waals surface area contributed by atoms with E-state index < -0.39 is 0 Å². The fourth-order valence-electron chi connectivity index (χ4n) is 2.79.